The van der Waals surface area contributed by atoms with E-state index < -0.39 is 11.9 Å². The van der Waals surface area contributed by atoms with E-state index in [9.17, 15) is 14.7 Å². The molecule has 4 heteroatoms. The average Bonchev–Trinajstić information content (AvgIpc) is 2.90. The van der Waals surface area contributed by atoms with Gasteiger partial charge in [0, 0.05) is 6.42 Å². The van der Waals surface area contributed by atoms with Crippen LogP contribution >= 0.6 is 0 Å². The molecule has 0 aromatic rings. The zero-order valence-corrected chi connectivity index (χ0v) is 15.8. The van der Waals surface area contributed by atoms with Gasteiger partial charge in [-0.25, -0.2) is 0 Å². The maximum atomic E-state index is 11.3. The van der Waals surface area contributed by atoms with Crippen molar-refractivity contribution in [3.05, 3.63) is 11.6 Å². The summed E-state index contributed by atoms with van der Waals surface area (Å²) in [6, 6.07) is 0. The summed E-state index contributed by atoms with van der Waals surface area (Å²) < 4.78 is 0. The Morgan fingerprint density at radius 2 is 1.77 bits per heavy atom. The van der Waals surface area contributed by atoms with Crippen molar-refractivity contribution in [1.82, 2.24) is 0 Å². The highest BCUT2D eigenvalue weighted by molar-refractivity contribution is 5.67. The molecule has 0 aromatic carbocycles. The molecule has 0 radical (unpaired) electrons. The maximum absolute atomic E-state index is 11.3. The van der Waals surface area contributed by atoms with Crippen molar-refractivity contribution in [2.24, 2.45) is 40.9 Å². The first-order valence-corrected chi connectivity index (χ1v) is 10.5. The van der Waals surface area contributed by atoms with Crippen LogP contribution in [0, 0.1) is 40.9 Å². The molecule has 7 atom stereocenters. The molecular formula is C22H32O4. The van der Waals surface area contributed by atoms with E-state index >= 15 is 0 Å². The first-order valence-electron chi connectivity index (χ1n) is 10.5. The van der Waals surface area contributed by atoms with E-state index in [1.165, 1.54) is 25.7 Å². The van der Waals surface area contributed by atoms with Crippen LogP contribution in [0.15, 0.2) is 11.6 Å². The van der Waals surface area contributed by atoms with Crippen molar-refractivity contribution in [3.63, 3.8) is 0 Å². The summed E-state index contributed by atoms with van der Waals surface area (Å²) in [5.74, 6) is 2.15. The minimum Gasteiger partial charge on any atom is -0.481 e. The average molecular weight is 360 g/mol. The van der Waals surface area contributed by atoms with Crippen molar-refractivity contribution in [2.45, 2.75) is 71.1 Å². The van der Waals surface area contributed by atoms with Gasteiger partial charge in [0.1, 0.15) is 0 Å². The molecular weight excluding hydrogens is 328 g/mol. The van der Waals surface area contributed by atoms with Gasteiger partial charge in [-0.05, 0) is 92.3 Å². The van der Waals surface area contributed by atoms with Crippen LogP contribution in [0.1, 0.15) is 71.1 Å². The van der Waals surface area contributed by atoms with Gasteiger partial charge in [0.15, 0.2) is 0 Å². The van der Waals surface area contributed by atoms with E-state index in [1.807, 2.05) is 0 Å². The molecule has 0 spiro atoms. The quantitative estimate of drug-likeness (QED) is 0.710. The molecule has 0 amide bonds. The third kappa shape index (κ3) is 2.99. The number of rotatable bonds is 4. The van der Waals surface area contributed by atoms with Crippen molar-refractivity contribution in [3.8, 4) is 0 Å². The van der Waals surface area contributed by atoms with Gasteiger partial charge in [-0.3, -0.25) is 9.59 Å². The number of allylic oxidation sites excluding steroid dienone is 2. The normalized spacial score (nSPS) is 44.4. The minimum atomic E-state index is -0.678. The van der Waals surface area contributed by atoms with E-state index in [2.05, 4.69) is 13.0 Å². The second-order valence-electron chi connectivity index (χ2n) is 9.67. The van der Waals surface area contributed by atoms with Crippen molar-refractivity contribution in [2.75, 3.05) is 0 Å². The highest BCUT2D eigenvalue weighted by Gasteiger charge is 2.56. The molecule has 0 heterocycles. The van der Waals surface area contributed by atoms with Crippen molar-refractivity contribution < 1.29 is 19.8 Å². The molecule has 0 bridgehead atoms. The molecule has 0 saturated heterocycles. The molecule has 4 nitrogen and oxygen atoms in total. The smallest absolute Gasteiger partial charge is 0.303 e. The number of fused-ring (bicyclic) bond motifs is 5. The second-order valence-corrected chi connectivity index (χ2v) is 9.67. The van der Waals surface area contributed by atoms with Gasteiger partial charge in [0.25, 0.3) is 0 Å². The third-order valence-corrected chi connectivity index (χ3v) is 8.60. The van der Waals surface area contributed by atoms with Gasteiger partial charge >= 0.3 is 11.9 Å². The lowest BCUT2D eigenvalue weighted by Gasteiger charge is -2.54. The summed E-state index contributed by atoms with van der Waals surface area (Å²) in [6.07, 6.45) is 12.2. The number of hydrogen-bond acceptors (Lipinski definition) is 2. The fraction of sp³-hybridized carbons (Fsp3) is 0.818. The minimum absolute atomic E-state index is 0.223. The lowest BCUT2D eigenvalue weighted by molar-refractivity contribution is -0.140. The maximum Gasteiger partial charge on any atom is 0.303 e. The molecule has 3 fully saturated rings. The first kappa shape index (κ1) is 18.1. The monoisotopic (exact) mass is 360 g/mol. The van der Waals surface area contributed by atoms with Gasteiger partial charge in [-0.2, -0.15) is 0 Å². The lowest BCUT2D eigenvalue weighted by Crippen LogP contribution is -2.46. The van der Waals surface area contributed by atoms with Gasteiger partial charge < -0.3 is 10.2 Å². The summed E-state index contributed by atoms with van der Waals surface area (Å²) in [5.41, 5.74) is 1.77. The van der Waals surface area contributed by atoms with Gasteiger partial charge in [0.05, 0.1) is 6.42 Å². The van der Waals surface area contributed by atoms with Crippen LogP contribution in [0.5, 0.6) is 0 Å². The zero-order chi connectivity index (χ0) is 18.5. The highest BCUT2D eigenvalue weighted by atomic mass is 16.4. The molecule has 26 heavy (non-hydrogen) atoms. The summed E-state index contributed by atoms with van der Waals surface area (Å²) in [5, 5.41) is 18.4. The Hall–Kier alpha value is -1.32. The lowest BCUT2D eigenvalue weighted by atomic mass is 9.51. The molecule has 4 aliphatic rings. The third-order valence-electron chi connectivity index (χ3n) is 8.60. The fourth-order valence-electron chi connectivity index (χ4n) is 7.45. The van der Waals surface area contributed by atoms with E-state index in [-0.39, 0.29) is 17.8 Å². The summed E-state index contributed by atoms with van der Waals surface area (Å²) in [4.78, 5) is 22.4. The van der Waals surface area contributed by atoms with Gasteiger partial charge in [-0.15, -0.1) is 0 Å². The summed E-state index contributed by atoms with van der Waals surface area (Å²) >= 11 is 0. The predicted molar refractivity (Wildman–Crippen MR) is 98.6 cm³/mol. The van der Waals surface area contributed by atoms with Crippen LogP contribution < -0.4 is 0 Å². The van der Waals surface area contributed by atoms with Crippen LogP contribution in [0.2, 0.25) is 0 Å². The summed E-state index contributed by atoms with van der Waals surface area (Å²) in [6.45, 7) is 2.38. The Kier molecular flexibility index (Phi) is 4.65. The van der Waals surface area contributed by atoms with Crippen LogP contribution in [0.25, 0.3) is 0 Å². The molecule has 4 rings (SSSR count). The largest absolute Gasteiger partial charge is 0.481 e. The number of carbonyl (C=O) groups is 2. The summed E-state index contributed by atoms with van der Waals surface area (Å²) in [7, 11) is 0. The van der Waals surface area contributed by atoms with E-state index in [0.29, 0.717) is 24.2 Å². The Morgan fingerprint density at radius 3 is 2.50 bits per heavy atom. The molecule has 144 valence electrons. The fourth-order valence-corrected chi connectivity index (χ4v) is 7.45. The van der Waals surface area contributed by atoms with Crippen LogP contribution in [0.4, 0.5) is 0 Å². The standard InChI is InChI=1S/C22H32O4/c1-22-9-8-17-16-5-2-13(11-20(23)24)10-14(16)3-6-18(17)19(22)7-4-15(22)12-21(25)26/h10,13,15-19H,2-9,11-12H2,1H3,(H,23,24)(H,25,26)/t13?,15-,16+,17-,18-,19+,22-/m1/s1. The topological polar surface area (TPSA) is 74.6 Å². The van der Waals surface area contributed by atoms with Crippen molar-refractivity contribution >= 4 is 11.9 Å². The Morgan fingerprint density at radius 1 is 1.00 bits per heavy atom. The van der Waals surface area contributed by atoms with Crippen LogP contribution in [-0.4, -0.2) is 22.2 Å². The predicted octanol–water partition coefficient (Wildman–Crippen LogP) is 4.74. The Bertz CT molecular complexity index is 624. The van der Waals surface area contributed by atoms with E-state index in [0.717, 1.165) is 37.5 Å². The first-order chi connectivity index (χ1) is 12.4. The van der Waals surface area contributed by atoms with Gasteiger partial charge in [0.2, 0.25) is 0 Å². The second kappa shape index (κ2) is 6.69. The van der Waals surface area contributed by atoms with Gasteiger partial charge in [-0.1, -0.05) is 18.6 Å². The molecule has 1 unspecified atom stereocenters. The van der Waals surface area contributed by atoms with Crippen LogP contribution in [0.3, 0.4) is 0 Å². The highest BCUT2D eigenvalue weighted by Crippen LogP contribution is 2.64. The molecule has 2 N–H and O–H groups in total. The number of aliphatic carboxylic acids is 2. The molecule has 3 saturated carbocycles. The number of carboxylic acid groups (broad SMARTS) is 2. The van der Waals surface area contributed by atoms with Crippen molar-refractivity contribution in [1.29, 1.82) is 0 Å². The molecule has 0 aromatic heterocycles. The SMILES string of the molecule is C[C@]12CC[C@H]3[C@@H](CCC4=CC(CC(=O)O)CC[C@@H]43)[C@@H]1CC[C@@H]2CC(=O)O. The number of hydrogen-bond donors (Lipinski definition) is 2. The number of carboxylic acids is 2. The Labute approximate surface area is 156 Å². The van der Waals surface area contributed by atoms with Crippen LogP contribution in [-0.2, 0) is 9.59 Å². The van der Waals surface area contributed by atoms with E-state index in [1.54, 1.807) is 5.57 Å². The molecule has 4 aliphatic carbocycles. The zero-order valence-electron chi connectivity index (χ0n) is 15.8. The molecule has 0 aliphatic heterocycles. The van der Waals surface area contributed by atoms with E-state index in [4.69, 9.17) is 5.11 Å². The Balaban J connectivity index is 1.50.